The van der Waals surface area contributed by atoms with E-state index in [1.54, 1.807) is 17.4 Å². The summed E-state index contributed by atoms with van der Waals surface area (Å²) in [6.45, 7) is 19.8. The Morgan fingerprint density at radius 2 is 1.62 bits per heavy atom. The number of nitrogens with one attached hydrogen (secondary N) is 1. The number of nitrogens with zero attached hydrogens (tertiary/aromatic N) is 1. The predicted molar refractivity (Wildman–Crippen MR) is 207 cm³/mol. The molecule has 2 aromatic heterocycles. The van der Waals surface area contributed by atoms with Crippen molar-refractivity contribution in [3.63, 3.8) is 0 Å². The van der Waals surface area contributed by atoms with Gasteiger partial charge in [-0.3, -0.25) is 0 Å². The van der Waals surface area contributed by atoms with E-state index >= 15 is 0 Å². The number of hydrogen-bond acceptors (Lipinski definition) is 6. The van der Waals surface area contributed by atoms with Crippen LogP contribution in [0.2, 0.25) is 0 Å². The van der Waals surface area contributed by atoms with Gasteiger partial charge < -0.3 is 20.5 Å². The van der Waals surface area contributed by atoms with Gasteiger partial charge in [0.1, 0.15) is 0 Å². The number of rotatable bonds is 8. The maximum absolute atomic E-state index is 10.3. The van der Waals surface area contributed by atoms with Crippen molar-refractivity contribution in [3.8, 4) is 0 Å². The van der Waals surface area contributed by atoms with Gasteiger partial charge in [-0.15, -0.1) is 51.8 Å². The molecular formula is C41H51IrN2O2S2-. The molecule has 0 fully saturated rings. The summed E-state index contributed by atoms with van der Waals surface area (Å²) < 4.78 is 2.64. The van der Waals surface area contributed by atoms with Gasteiger partial charge in [0.15, 0.2) is 0 Å². The maximum Gasteiger partial charge on any atom is 0.0997 e. The van der Waals surface area contributed by atoms with Gasteiger partial charge >= 0.3 is 0 Å². The Morgan fingerprint density at radius 3 is 2.27 bits per heavy atom. The number of fused-ring (bicyclic) bond motifs is 5. The van der Waals surface area contributed by atoms with Crippen LogP contribution in [0.3, 0.4) is 0 Å². The van der Waals surface area contributed by atoms with Crippen LogP contribution in [0.5, 0.6) is 0 Å². The molecule has 0 spiro atoms. The third-order valence-electron chi connectivity index (χ3n) is 10.6. The molecule has 259 valence electrons. The van der Waals surface area contributed by atoms with E-state index in [1.807, 2.05) is 18.3 Å². The van der Waals surface area contributed by atoms with Crippen molar-refractivity contribution >= 4 is 65.0 Å². The Bertz CT molecular complexity index is 1940. The van der Waals surface area contributed by atoms with Crippen LogP contribution in [0, 0.1) is 16.9 Å². The molecule has 3 heterocycles. The number of aliphatic hydroxyl groups is 2. The molecule has 0 amide bonds. The number of benzene rings is 3. The predicted octanol–water partition coefficient (Wildman–Crippen LogP) is 12.0. The first kappa shape index (κ1) is 38.3. The van der Waals surface area contributed by atoms with Gasteiger partial charge in [-0.05, 0) is 71.6 Å². The van der Waals surface area contributed by atoms with Crippen LogP contribution < -0.4 is 5.32 Å². The van der Waals surface area contributed by atoms with Gasteiger partial charge in [-0.2, -0.15) is 0 Å². The van der Waals surface area contributed by atoms with Gasteiger partial charge in [-0.1, -0.05) is 91.5 Å². The minimum absolute atomic E-state index is 0. The zero-order valence-electron chi connectivity index (χ0n) is 29.9. The van der Waals surface area contributed by atoms with Crippen molar-refractivity contribution in [2.45, 2.75) is 99.5 Å². The van der Waals surface area contributed by atoms with Crippen LogP contribution >= 0.6 is 22.7 Å². The molecule has 7 heteroatoms. The second kappa shape index (κ2) is 15.1. The zero-order chi connectivity index (χ0) is 34.1. The number of hydrogen-bond donors (Lipinski definition) is 3. The molecule has 0 saturated heterocycles. The zero-order valence-corrected chi connectivity index (χ0v) is 33.9. The van der Waals surface area contributed by atoms with Crippen LogP contribution in [0.25, 0.3) is 30.9 Å². The topological polar surface area (TPSA) is 64.9 Å². The average molecular weight is 860 g/mol. The summed E-state index contributed by atoms with van der Waals surface area (Å²) in [5, 5.41) is 31.2. The summed E-state index contributed by atoms with van der Waals surface area (Å²) in [7, 11) is 0. The number of aliphatic hydroxyl groups excluding tert-OH is 2. The normalized spacial score (nSPS) is 14.5. The number of anilines is 1. The summed E-state index contributed by atoms with van der Waals surface area (Å²) in [6.07, 6.45) is 4.66. The minimum atomic E-state index is -0.574. The largest absolute Gasteiger partial charge is 0.512 e. The second-order valence-electron chi connectivity index (χ2n) is 14.5. The summed E-state index contributed by atoms with van der Waals surface area (Å²) in [5.74, 6) is 0.336. The summed E-state index contributed by atoms with van der Waals surface area (Å²) in [6, 6.07) is 21.4. The van der Waals surface area contributed by atoms with E-state index in [0.717, 1.165) is 42.3 Å². The smallest absolute Gasteiger partial charge is 0.0997 e. The maximum atomic E-state index is 10.3. The van der Waals surface area contributed by atoms with Gasteiger partial charge in [0, 0.05) is 50.9 Å². The summed E-state index contributed by atoms with van der Waals surface area (Å²) in [4.78, 5) is 6.13. The number of aliphatic imine (C=N–C) groups is 1. The molecule has 4 nitrogen and oxygen atoms in total. The van der Waals surface area contributed by atoms with Gasteiger partial charge in [0.2, 0.25) is 0 Å². The molecule has 48 heavy (non-hydrogen) atoms. The summed E-state index contributed by atoms with van der Waals surface area (Å²) >= 11 is 3.63. The Kier molecular flexibility index (Phi) is 12.1. The van der Waals surface area contributed by atoms with Crippen LogP contribution in [-0.4, -0.2) is 28.7 Å². The molecule has 0 bridgehead atoms. The minimum Gasteiger partial charge on any atom is -0.512 e. The quantitative estimate of drug-likeness (QED) is 0.108. The molecule has 3 N–H and O–H groups in total. The van der Waals surface area contributed by atoms with E-state index in [1.165, 1.54) is 41.7 Å². The van der Waals surface area contributed by atoms with E-state index in [9.17, 15) is 10.2 Å². The molecule has 3 aromatic carbocycles. The Balaban J connectivity index is 0.000000251. The molecule has 1 radical (unpaired) electrons. The molecule has 1 unspecified atom stereocenters. The van der Waals surface area contributed by atoms with E-state index in [0.29, 0.717) is 12.4 Å². The van der Waals surface area contributed by atoms with Gasteiger partial charge in [0.25, 0.3) is 0 Å². The van der Waals surface area contributed by atoms with E-state index < -0.39 is 6.10 Å². The van der Waals surface area contributed by atoms with Gasteiger partial charge in [0.05, 0.1) is 24.2 Å². The fourth-order valence-corrected chi connectivity index (χ4v) is 8.22. The third-order valence-corrected chi connectivity index (χ3v) is 12.7. The van der Waals surface area contributed by atoms with E-state index in [-0.39, 0.29) is 36.4 Å². The second-order valence-corrected chi connectivity index (χ2v) is 16.5. The SMILES string of the molecule is CC(C)(C)c1cc(C2=NCNc3c2sc2cc4ccsc4cc32)[c-]c2ccccc12.CCC(C)(CC)/C(O)=C/C(O)C(C)(CC)CC.[Ir]. The Labute approximate surface area is 308 Å². The van der Waals surface area contributed by atoms with Gasteiger partial charge in [-0.25, -0.2) is 0 Å². The van der Waals surface area contributed by atoms with Crippen molar-refractivity contribution in [1.29, 1.82) is 0 Å². The first-order valence-corrected chi connectivity index (χ1v) is 18.8. The Hall–Kier alpha value is -2.54. The first-order valence-electron chi connectivity index (χ1n) is 17.1. The average Bonchev–Trinajstić information content (AvgIpc) is 3.69. The molecule has 5 aromatic rings. The number of thiophene rings is 2. The van der Waals surface area contributed by atoms with E-state index in [2.05, 4.69) is 121 Å². The van der Waals surface area contributed by atoms with Crippen molar-refractivity contribution in [1.82, 2.24) is 0 Å². The number of allylic oxidation sites excluding steroid dienone is 1. The van der Waals surface area contributed by atoms with E-state index in [4.69, 9.17) is 4.99 Å². The molecular weight excluding hydrogens is 809 g/mol. The van der Waals surface area contributed by atoms with Crippen LogP contribution in [0.15, 0.2) is 70.7 Å². The van der Waals surface area contributed by atoms with Crippen molar-refractivity contribution in [3.05, 3.63) is 87.8 Å². The molecule has 0 aliphatic carbocycles. The van der Waals surface area contributed by atoms with Crippen molar-refractivity contribution in [2.75, 3.05) is 12.0 Å². The fourth-order valence-electron chi connectivity index (χ4n) is 6.18. The molecule has 1 aliphatic heterocycles. The molecule has 1 atom stereocenters. The monoisotopic (exact) mass is 860 g/mol. The third kappa shape index (κ3) is 7.46. The Morgan fingerprint density at radius 1 is 0.938 bits per heavy atom. The molecule has 0 saturated carbocycles. The van der Waals surface area contributed by atoms with Crippen molar-refractivity contribution < 1.29 is 30.3 Å². The van der Waals surface area contributed by atoms with Crippen LogP contribution in [-0.2, 0) is 25.5 Å². The molecule has 6 rings (SSSR count). The standard InChI is InChI=1S/C26H21N2S2.C15H30O2.Ir/c1-26(2,3)20-11-17(10-15-6-4-5-7-18(15)20)23-25-24(28-14-27-23)19-13-21-16(8-9-29-21)12-22(19)30-25;1-7-14(5,8-2)12(16)11-13(17)15(6,9-3)10-4;/h4-9,11-13,28H,14H2,1-3H3;11-12,16-17H,7-10H2,1-6H3;/q-1;;/b;13-11-;. The van der Waals surface area contributed by atoms with Crippen molar-refractivity contribution in [2.24, 2.45) is 15.8 Å². The van der Waals surface area contributed by atoms with Crippen LogP contribution in [0.4, 0.5) is 5.69 Å². The first-order chi connectivity index (χ1) is 22.3. The van der Waals surface area contributed by atoms with Crippen LogP contribution in [0.1, 0.15) is 104 Å². The fraction of sp³-hybridized carbons (Fsp3) is 0.439. The molecule has 1 aliphatic rings. The summed E-state index contributed by atoms with van der Waals surface area (Å²) in [5.41, 5.74) is 4.41.